The van der Waals surface area contributed by atoms with Crippen LogP contribution in [0.25, 0.3) is 0 Å². The molecule has 0 spiro atoms. The van der Waals surface area contributed by atoms with Crippen molar-refractivity contribution in [2.75, 3.05) is 25.7 Å². The van der Waals surface area contributed by atoms with Gasteiger partial charge >= 0.3 is 0 Å². The van der Waals surface area contributed by atoms with Gasteiger partial charge in [0.15, 0.2) is 0 Å². The lowest BCUT2D eigenvalue weighted by Gasteiger charge is -2.21. The number of halogens is 1. The van der Waals surface area contributed by atoms with Gasteiger partial charge in [0.25, 0.3) is 0 Å². The molecule has 28 heavy (non-hydrogen) atoms. The number of carbonyl (C=O) groups excluding carboxylic acids is 2. The van der Waals surface area contributed by atoms with Gasteiger partial charge in [-0.3, -0.25) is 9.59 Å². The number of benzene rings is 2. The molecule has 148 valence electrons. The van der Waals surface area contributed by atoms with Crippen LogP contribution < -0.4 is 19.7 Å². The number of amides is 2. The Labute approximate surface area is 163 Å². The molecule has 1 aliphatic heterocycles. The minimum Gasteiger partial charge on any atom is -0.497 e. The molecule has 0 unspecified atom stereocenters. The van der Waals surface area contributed by atoms with E-state index in [-0.39, 0.29) is 36.6 Å². The third kappa shape index (κ3) is 4.08. The van der Waals surface area contributed by atoms with Crippen molar-refractivity contribution in [1.82, 2.24) is 5.32 Å². The van der Waals surface area contributed by atoms with Gasteiger partial charge in [-0.05, 0) is 36.8 Å². The summed E-state index contributed by atoms with van der Waals surface area (Å²) in [5.41, 5.74) is 1.24. The lowest BCUT2D eigenvalue weighted by Crippen LogP contribution is -2.34. The SMILES string of the molecule is COc1ccc(OC)c(N2C[C@@H](C(=O)N[C@H](C)c3cccc(F)c3)CC2=O)c1. The number of nitrogens with zero attached hydrogens (tertiary/aromatic N) is 1. The van der Waals surface area contributed by atoms with Crippen molar-refractivity contribution in [2.24, 2.45) is 5.92 Å². The lowest BCUT2D eigenvalue weighted by atomic mass is 10.0. The largest absolute Gasteiger partial charge is 0.497 e. The minimum absolute atomic E-state index is 0.0993. The normalized spacial score (nSPS) is 17.4. The van der Waals surface area contributed by atoms with Crippen LogP contribution in [0.2, 0.25) is 0 Å². The molecule has 2 atom stereocenters. The van der Waals surface area contributed by atoms with Crippen molar-refractivity contribution in [1.29, 1.82) is 0 Å². The third-order valence-electron chi connectivity index (χ3n) is 4.88. The third-order valence-corrected chi connectivity index (χ3v) is 4.88. The highest BCUT2D eigenvalue weighted by molar-refractivity contribution is 6.01. The number of hydrogen-bond acceptors (Lipinski definition) is 4. The molecule has 1 N–H and O–H groups in total. The summed E-state index contributed by atoms with van der Waals surface area (Å²) in [6.45, 7) is 2.02. The van der Waals surface area contributed by atoms with Crippen LogP contribution in [0.4, 0.5) is 10.1 Å². The van der Waals surface area contributed by atoms with Gasteiger partial charge in [-0.1, -0.05) is 12.1 Å². The molecule has 2 aromatic rings. The first-order valence-electron chi connectivity index (χ1n) is 9.01. The highest BCUT2D eigenvalue weighted by Crippen LogP contribution is 2.36. The monoisotopic (exact) mass is 386 g/mol. The number of hydrogen-bond donors (Lipinski definition) is 1. The van der Waals surface area contributed by atoms with Gasteiger partial charge in [0.1, 0.15) is 17.3 Å². The number of ether oxygens (including phenoxy) is 2. The van der Waals surface area contributed by atoms with E-state index in [1.807, 2.05) is 0 Å². The standard InChI is InChI=1S/C21H23FN2O4/c1-13(14-5-4-6-16(22)9-14)23-21(26)15-10-20(25)24(12-15)18-11-17(27-2)7-8-19(18)28-3/h4-9,11,13,15H,10,12H2,1-3H3,(H,23,26)/t13-,15+/m1/s1. The molecule has 2 amide bonds. The lowest BCUT2D eigenvalue weighted by molar-refractivity contribution is -0.126. The van der Waals surface area contributed by atoms with E-state index in [2.05, 4.69) is 5.32 Å². The van der Waals surface area contributed by atoms with E-state index in [0.29, 0.717) is 22.7 Å². The summed E-state index contributed by atoms with van der Waals surface area (Å²) in [5, 5.41) is 2.87. The predicted molar refractivity (Wildman–Crippen MR) is 103 cm³/mol. The number of methoxy groups -OCH3 is 2. The average Bonchev–Trinajstić information content (AvgIpc) is 3.09. The zero-order valence-electron chi connectivity index (χ0n) is 16.1. The topological polar surface area (TPSA) is 67.9 Å². The van der Waals surface area contributed by atoms with Crippen LogP contribution in [0.5, 0.6) is 11.5 Å². The Morgan fingerprint density at radius 2 is 2.00 bits per heavy atom. The first-order chi connectivity index (χ1) is 13.4. The van der Waals surface area contributed by atoms with Gasteiger partial charge in [-0.25, -0.2) is 4.39 Å². The summed E-state index contributed by atoms with van der Waals surface area (Å²) in [4.78, 5) is 26.8. The van der Waals surface area contributed by atoms with Crippen LogP contribution >= 0.6 is 0 Å². The van der Waals surface area contributed by atoms with Crippen molar-refractivity contribution in [3.05, 3.63) is 53.8 Å². The van der Waals surface area contributed by atoms with Crippen molar-refractivity contribution in [2.45, 2.75) is 19.4 Å². The van der Waals surface area contributed by atoms with E-state index < -0.39 is 5.92 Å². The molecule has 1 fully saturated rings. The van der Waals surface area contributed by atoms with Gasteiger partial charge in [-0.2, -0.15) is 0 Å². The molecule has 2 aromatic carbocycles. The maximum atomic E-state index is 13.4. The fraction of sp³-hybridized carbons (Fsp3) is 0.333. The number of anilines is 1. The Bertz CT molecular complexity index is 886. The molecule has 0 aromatic heterocycles. The summed E-state index contributed by atoms with van der Waals surface area (Å²) in [6, 6.07) is 10.9. The molecule has 0 radical (unpaired) electrons. The van der Waals surface area contributed by atoms with Crippen LogP contribution in [0.3, 0.4) is 0 Å². The Morgan fingerprint density at radius 3 is 2.68 bits per heavy atom. The highest BCUT2D eigenvalue weighted by atomic mass is 19.1. The fourth-order valence-corrected chi connectivity index (χ4v) is 3.31. The molecule has 7 heteroatoms. The molecule has 1 saturated heterocycles. The van der Waals surface area contributed by atoms with E-state index in [9.17, 15) is 14.0 Å². The quantitative estimate of drug-likeness (QED) is 0.829. The van der Waals surface area contributed by atoms with Crippen LogP contribution in [0, 0.1) is 11.7 Å². The second-order valence-corrected chi connectivity index (χ2v) is 6.73. The maximum absolute atomic E-state index is 13.4. The molecular formula is C21H23FN2O4. The van der Waals surface area contributed by atoms with Crippen molar-refractivity contribution >= 4 is 17.5 Å². The average molecular weight is 386 g/mol. The molecular weight excluding hydrogens is 363 g/mol. The molecule has 1 aliphatic rings. The Hall–Kier alpha value is -3.09. The first-order valence-corrected chi connectivity index (χ1v) is 9.01. The Balaban J connectivity index is 1.73. The van der Waals surface area contributed by atoms with Crippen molar-refractivity contribution in [3.8, 4) is 11.5 Å². The maximum Gasteiger partial charge on any atom is 0.227 e. The first kappa shape index (κ1) is 19.7. The smallest absolute Gasteiger partial charge is 0.227 e. The molecule has 0 bridgehead atoms. The summed E-state index contributed by atoms with van der Waals surface area (Å²) in [7, 11) is 3.07. The zero-order chi connectivity index (χ0) is 20.3. The fourth-order valence-electron chi connectivity index (χ4n) is 3.31. The zero-order valence-corrected chi connectivity index (χ0v) is 16.1. The van der Waals surface area contributed by atoms with Crippen LogP contribution in [-0.2, 0) is 9.59 Å². The molecule has 0 aliphatic carbocycles. The van der Waals surface area contributed by atoms with E-state index in [4.69, 9.17) is 9.47 Å². The van der Waals surface area contributed by atoms with Gasteiger partial charge in [0, 0.05) is 19.0 Å². The molecule has 3 rings (SSSR count). The minimum atomic E-state index is -0.501. The highest BCUT2D eigenvalue weighted by Gasteiger charge is 2.36. The molecule has 1 heterocycles. The van der Waals surface area contributed by atoms with Gasteiger partial charge in [0.05, 0.1) is 31.9 Å². The number of nitrogens with one attached hydrogen (secondary N) is 1. The van der Waals surface area contributed by atoms with E-state index in [1.54, 1.807) is 49.3 Å². The summed E-state index contributed by atoms with van der Waals surface area (Å²) >= 11 is 0. The van der Waals surface area contributed by atoms with Crippen molar-refractivity contribution in [3.63, 3.8) is 0 Å². The summed E-state index contributed by atoms with van der Waals surface area (Å²) in [5.74, 6) is -0.135. The summed E-state index contributed by atoms with van der Waals surface area (Å²) in [6.07, 6.45) is 0.0993. The Morgan fingerprint density at radius 1 is 1.21 bits per heavy atom. The second-order valence-electron chi connectivity index (χ2n) is 6.73. The number of carbonyl (C=O) groups is 2. The number of rotatable bonds is 6. The van der Waals surface area contributed by atoms with Crippen molar-refractivity contribution < 1.29 is 23.5 Å². The van der Waals surface area contributed by atoms with Crippen LogP contribution in [0.1, 0.15) is 24.9 Å². The van der Waals surface area contributed by atoms with Crippen LogP contribution in [-0.4, -0.2) is 32.6 Å². The van der Waals surface area contributed by atoms with E-state index >= 15 is 0 Å². The van der Waals surface area contributed by atoms with Crippen LogP contribution in [0.15, 0.2) is 42.5 Å². The molecule has 6 nitrogen and oxygen atoms in total. The molecule has 0 saturated carbocycles. The summed E-state index contributed by atoms with van der Waals surface area (Å²) < 4.78 is 24.0. The van der Waals surface area contributed by atoms with Gasteiger partial charge in [0.2, 0.25) is 11.8 Å². The van der Waals surface area contributed by atoms with Gasteiger partial charge in [-0.15, -0.1) is 0 Å². The van der Waals surface area contributed by atoms with E-state index in [0.717, 1.165) is 0 Å². The van der Waals surface area contributed by atoms with Gasteiger partial charge < -0.3 is 19.7 Å². The van der Waals surface area contributed by atoms with E-state index in [1.165, 1.54) is 19.2 Å². The Kier molecular flexibility index (Phi) is 5.82. The predicted octanol–water partition coefficient (Wildman–Crippen LogP) is 3.07. The second kappa shape index (κ2) is 8.29.